The van der Waals surface area contributed by atoms with Crippen molar-refractivity contribution in [3.05, 3.63) is 53.4 Å². The monoisotopic (exact) mass is 488 g/mol. The molecule has 0 radical (unpaired) electrons. The second-order valence-corrected chi connectivity index (χ2v) is 11.6. The minimum Gasteiger partial charge on any atom is -0.360 e. The van der Waals surface area contributed by atoms with Gasteiger partial charge in [-0.1, -0.05) is 42.4 Å². The molecule has 2 aliphatic rings. The highest BCUT2D eigenvalue weighted by molar-refractivity contribution is 7.89. The van der Waals surface area contributed by atoms with Crippen LogP contribution in [0.5, 0.6) is 0 Å². The Balaban J connectivity index is 1.27. The highest BCUT2D eigenvalue weighted by atomic mass is 32.2. The van der Waals surface area contributed by atoms with Gasteiger partial charge < -0.3 is 15.2 Å². The van der Waals surface area contributed by atoms with Gasteiger partial charge in [0.1, 0.15) is 5.76 Å². The number of benzene rings is 1. The zero-order valence-electron chi connectivity index (χ0n) is 20.1. The summed E-state index contributed by atoms with van der Waals surface area (Å²) < 4.78 is 33.4. The molecular formula is C25H36N4O4S. The third kappa shape index (κ3) is 6.25. The van der Waals surface area contributed by atoms with Gasteiger partial charge in [-0.3, -0.25) is 4.79 Å². The largest absolute Gasteiger partial charge is 0.360 e. The quantitative estimate of drug-likeness (QED) is 0.471. The van der Waals surface area contributed by atoms with Crippen LogP contribution in [0, 0.1) is 0 Å². The number of nitrogens with one attached hydrogen (secondary N) is 2. The number of aromatic nitrogens is 1. The second-order valence-electron chi connectivity index (χ2n) is 9.57. The Morgan fingerprint density at radius 1 is 1.18 bits per heavy atom. The van der Waals surface area contributed by atoms with Crippen molar-refractivity contribution in [2.75, 3.05) is 18.8 Å². The van der Waals surface area contributed by atoms with Crippen LogP contribution in [0.1, 0.15) is 73.7 Å². The minimum atomic E-state index is -3.41. The summed E-state index contributed by atoms with van der Waals surface area (Å²) in [6.07, 6.45) is 4.92. The summed E-state index contributed by atoms with van der Waals surface area (Å²) in [5, 5.41) is 10.2. The zero-order valence-corrected chi connectivity index (χ0v) is 20.9. The first-order valence-electron chi connectivity index (χ1n) is 12.4. The summed E-state index contributed by atoms with van der Waals surface area (Å²) >= 11 is 0. The Morgan fingerprint density at radius 3 is 2.65 bits per heavy atom. The van der Waals surface area contributed by atoms with Crippen LogP contribution >= 0.6 is 0 Å². The summed E-state index contributed by atoms with van der Waals surface area (Å²) in [5.74, 6) is 1.01. The molecule has 1 saturated carbocycles. The molecule has 2 fully saturated rings. The number of piperidine rings is 1. The van der Waals surface area contributed by atoms with Gasteiger partial charge in [0.25, 0.3) is 5.91 Å². The number of carbonyl (C=O) groups is 1. The Morgan fingerprint density at radius 2 is 1.94 bits per heavy atom. The smallest absolute Gasteiger partial charge is 0.273 e. The summed E-state index contributed by atoms with van der Waals surface area (Å²) in [6.45, 7) is 5.10. The SMILES string of the molecule is CC[C@H]1C[C@@H](NC(=O)c2cc(C3CC3)on2)C[C@@H](C)N1S(=O)(=O)CCNCCc1ccccc1. The average Bonchev–Trinajstić information content (AvgIpc) is 3.54. The maximum Gasteiger partial charge on any atom is 0.273 e. The van der Waals surface area contributed by atoms with E-state index in [2.05, 4.69) is 27.9 Å². The van der Waals surface area contributed by atoms with Crippen LogP contribution in [-0.4, -0.2) is 60.8 Å². The summed E-state index contributed by atoms with van der Waals surface area (Å²) in [6, 6.07) is 11.5. The molecule has 8 nitrogen and oxygen atoms in total. The van der Waals surface area contributed by atoms with Crippen LogP contribution in [0.15, 0.2) is 40.9 Å². The van der Waals surface area contributed by atoms with Crippen molar-refractivity contribution in [2.24, 2.45) is 0 Å². The van der Waals surface area contributed by atoms with Crippen LogP contribution in [0.25, 0.3) is 0 Å². The molecule has 34 heavy (non-hydrogen) atoms. The van der Waals surface area contributed by atoms with Crippen molar-refractivity contribution < 1.29 is 17.7 Å². The van der Waals surface area contributed by atoms with Crippen LogP contribution in [0.2, 0.25) is 0 Å². The molecule has 3 atom stereocenters. The molecule has 1 aromatic carbocycles. The molecule has 0 bridgehead atoms. The second kappa shape index (κ2) is 11.0. The standard InChI is InChI=1S/C25H36N4O4S/c1-3-22-16-21(27-25(30)23-17-24(33-28-23)20-9-10-20)15-18(2)29(22)34(31,32)14-13-26-12-11-19-7-5-4-6-8-19/h4-8,17-18,20-22,26H,3,9-16H2,1-2H3,(H,27,30)/t18-,21+,22+/m1/s1. The molecule has 186 valence electrons. The van der Waals surface area contributed by atoms with E-state index in [1.807, 2.05) is 32.0 Å². The van der Waals surface area contributed by atoms with E-state index < -0.39 is 10.0 Å². The molecule has 1 saturated heterocycles. The molecule has 1 aliphatic carbocycles. The summed E-state index contributed by atoms with van der Waals surface area (Å²) in [5.41, 5.74) is 1.54. The van der Waals surface area contributed by atoms with Gasteiger partial charge in [-0.05, 0) is 57.6 Å². The number of carbonyl (C=O) groups excluding carboxylic acids is 1. The lowest BCUT2D eigenvalue weighted by atomic mass is 9.93. The van der Waals surface area contributed by atoms with Crippen molar-refractivity contribution in [2.45, 2.75) is 76.4 Å². The van der Waals surface area contributed by atoms with E-state index in [0.717, 1.165) is 31.6 Å². The van der Waals surface area contributed by atoms with E-state index in [1.165, 1.54) is 5.56 Å². The van der Waals surface area contributed by atoms with Crippen molar-refractivity contribution in [1.29, 1.82) is 0 Å². The first kappa shape index (κ1) is 24.9. The number of nitrogens with zero attached hydrogens (tertiary/aromatic N) is 2. The van der Waals surface area contributed by atoms with Crippen molar-refractivity contribution in [1.82, 2.24) is 20.1 Å². The van der Waals surface area contributed by atoms with Gasteiger partial charge in [0, 0.05) is 36.7 Å². The van der Waals surface area contributed by atoms with Crippen molar-refractivity contribution in [3.63, 3.8) is 0 Å². The van der Waals surface area contributed by atoms with Crippen LogP contribution < -0.4 is 10.6 Å². The average molecular weight is 489 g/mol. The van der Waals surface area contributed by atoms with E-state index >= 15 is 0 Å². The maximum absolute atomic E-state index is 13.2. The van der Waals surface area contributed by atoms with Crippen molar-refractivity contribution >= 4 is 15.9 Å². The van der Waals surface area contributed by atoms with Gasteiger partial charge in [0.2, 0.25) is 10.0 Å². The Bertz CT molecular complexity index is 1050. The fourth-order valence-corrected chi connectivity index (χ4v) is 6.83. The van der Waals surface area contributed by atoms with E-state index in [0.29, 0.717) is 37.4 Å². The van der Waals surface area contributed by atoms with Gasteiger partial charge >= 0.3 is 0 Å². The molecule has 0 spiro atoms. The van der Waals surface area contributed by atoms with Gasteiger partial charge in [-0.25, -0.2) is 8.42 Å². The molecule has 4 rings (SSSR count). The molecule has 1 amide bonds. The van der Waals surface area contributed by atoms with E-state index in [9.17, 15) is 13.2 Å². The molecule has 2 aromatic rings. The molecule has 1 aliphatic heterocycles. The molecule has 1 aromatic heterocycles. The highest BCUT2D eigenvalue weighted by Gasteiger charge is 2.40. The lowest BCUT2D eigenvalue weighted by Gasteiger charge is -2.42. The molecule has 2 N–H and O–H groups in total. The van der Waals surface area contributed by atoms with Gasteiger partial charge in [-0.2, -0.15) is 4.31 Å². The molecule has 9 heteroatoms. The predicted molar refractivity (Wildman–Crippen MR) is 131 cm³/mol. The normalized spacial score (nSPS) is 23.6. The Kier molecular flexibility index (Phi) is 8.06. The fraction of sp³-hybridized carbons (Fsp3) is 0.600. The number of hydrogen-bond donors (Lipinski definition) is 2. The van der Waals surface area contributed by atoms with E-state index in [4.69, 9.17) is 4.52 Å². The molecular weight excluding hydrogens is 452 g/mol. The third-order valence-corrected chi connectivity index (χ3v) is 8.84. The topological polar surface area (TPSA) is 105 Å². The third-order valence-electron chi connectivity index (χ3n) is 6.82. The lowest BCUT2D eigenvalue weighted by molar-refractivity contribution is 0.0877. The number of amides is 1. The minimum absolute atomic E-state index is 0.0720. The maximum atomic E-state index is 13.2. The number of sulfonamides is 1. The zero-order chi connectivity index (χ0) is 24.1. The van der Waals surface area contributed by atoms with Crippen LogP contribution in [0.4, 0.5) is 0 Å². The van der Waals surface area contributed by atoms with E-state index in [-0.39, 0.29) is 29.8 Å². The van der Waals surface area contributed by atoms with Crippen LogP contribution in [0.3, 0.4) is 0 Å². The Hall–Kier alpha value is -2.23. The van der Waals surface area contributed by atoms with E-state index in [1.54, 1.807) is 10.4 Å². The van der Waals surface area contributed by atoms with Crippen LogP contribution in [-0.2, 0) is 16.4 Å². The predicted octanol–water partition coefficient (Wildman–Crippen LogP) is 3.08. The molecule has 0 unspecified atom stereocenters. The first-order valence-corrected chi connectivity index (χ1v) is 14.0. The summed E-state index contributed by atoms with van der Waals surface area (Å²) in [4.78, 5) is 12.7. The fourth-order valence-electron chi connectivity index (χ4n) is 4.89. The molecule has 2 heterocycles. The number of hydrogen-bond acceptors (Lipinski definition) is 6. The first-order chi connectivity index (χ1) is 16.4. The van der Waals surface area contributed by atoms with Gasteiger partial charge in [-0.15, -0.1) is 0 Å². The lowest BCUT2D eigenvalue weighted by Crippen LogP contribution is -2.56. The van der Waals surface area contributed by atoms with Gasteiger partial charge in [0.05, 0.1) is 5.75 Å². The summed E-state index contributed by atoms with van der Waals surface area (Å²) in [7, 11) is -3.41. The highest BCUT2D eigenvalue weighted by Crippen LogP contribution is 2.40. The van der Waals surface area contributed by atoms with Crippen molar-refractivity contribution in [3.8, 4) is 0 Å². The Labute approximate surface area is 202 Å². The number of rotatable bonds is 11. The van der Waals surface area contributed by atoms with Gasteiger partial charge in [0.15, 0.2) is 5.69 Å².